The number of aryl methyl sites for hydroxylation is 1. The van der Waals surface area contributed by atoms with Crippen LogP contribution in [0.5, 0.6) is 0 Å². The van der Waals surface area contributed by atoms with Crippen LogP contribution < -0.4 is 0 Å². The molecular weight excluding hydrogens is 364 g/mol. The third-order valence-corrected chi connectivity index (χ3v) is 4.92. The van der Waals surface area contributed by atoms with Gasteiger partial charge in [0.2, 0.25) is 0 Å². The fourth-order valence-electron chi connectivity index (χ4n) is 3.75. The highest BCUT2D eigenvalue weighted by Gasteiger charge is 2.25. The van der Waals surface area contributed by atoms with Gasteiger partial charge in [0.1, 0.15) is 12.0 Å². The van der Waals surface area contributed by atoms with Gasteiger partial charge in [0, 0.05) is 55.4 Å². The molecule has 0 atom stereocenters. The summed E-state index contributed by atoms with van der Waals surface area (Å²) in [5.74, 6) is 0. The minimum Gasteiger partial charge on any atom is -0.388 e. The summed E-state index contributed by atoms with van der Waals surface area (Å²) in [6, 6.07) is 13.6. The molecule has 1 aromatic carbocycles. The van der Waals surface area contributed by atoms with Crippen molar-refractivity contribution in [3.05, 3.63) is 66.1 Å². The molecule has 4 heterocycles. The Kier molecular flexibility index (Phi) is 5.44. The molecule has 0 saturated carbocycles. The van der Waals surface area contributed by atoms with Gasteiger partial charge in [-0.15, -0.1) is 0 Å². The second-order valence-corrected chi connectivity index (χ2v) is 6.87. The summed E-state index contributed by atoms with van der Waals surface area (Å²) in [6.07, 6.45) is 6.56. The van der Waals surface area contributed by atoms with E-state index in [1.807, 2.05) is 42.5 Å². The van der Waals surface area contributed by atoms with E-state index in [-0.39, 0.29) is 0 Å². The molecule has 6 heteroatoms. The topological polar surface area (TPSA) is 69.9 Å². The number of methoxy groups -OCH3 is 1. The van der Waals surface area contributed by atoms with E-state index in [0.717, 1.165) is 59.1 Å². The molecular formula is C23H22N4O2. The van der Waals surface area contributed by atoms with Crippen molar-refractivity contribution in [2.75, 3.05) is 14.2 Å². The van der Waals surface area contributed by atoms with Crippen molar-refractivity contribution in [3.8, 4) is 22.5 Å². The molecule has 5 rings (SSSR count). The maximum Gasteiger partial charge on any atom is 0.150 e. The van der Waals surface area contributed by atoms with Crippen molar-refractivity contribution in [2.24, 2.45) is 0 Å². The van der Waals surface area contributed by atoms with Crippen LogP contribution in [0.3, 0.4) is 0 Å². The molecule has 1 aliphatic rings. The fraction of sp³-hybridized carbons (Fsp3) is 0.217. The number of aldehydes is 1. The molecule has 4 aromatic rings. The smallest absolute Gasteiger partial charge is 0.150 e. The highest BCUT2D eigenvalue weighted by Crippen LogP contribution is 2.39. The van der Waals surface area contributed by atoms with Gasteiger partial charge < -0.3 is 4.74 Å². The lowest BCUT2D eigenvalue weighted by Gasteiger charge is -2.09. The summed E-state index contributed by atoms with van der Waals surface area (Å²) >= 11 is 0. The zero-order chi connectivity index (χ0) is 20.2. The van der Waals surface area contributed by atoms with Crippen molar-refractivity contribution < 1.29 is 9.53 Å². The highest BCUT2D eigenvalue weighted by atomic mass is 16.4. The summed E-state index contributed by atoms with van der Waals surface area (Å²) in [4.78, 5) is 20.1. The van der Waals surface area contributed by atoms with Crippen LogP contribution in [0.1, 0.15) is 22.5 Å². The number of pyridine rings is 2. The Morgan fingerprint density at radius 1 is 1.07 bits per heavy atom. The van der Waals surface area contributed by atoms with E-state index in [1.54, 1.807) is 26.6 Å². The summed E-state index contributed by atoms with van der Waals surface area (Å²) < 4.78 is 6.35. The monoisotopic (exact) mass is 386 g/mol. The van der Waals surface area contributed by atoms with Crippen LogP contribution in [0.25, 0.3) is 33.4 Å². The maximum atomic E-state index is 11.1. The Morgan fingerprint density at radius 3 is 2.69 bits per heavy atom. The number of rotatable bonds is 3. The number of hydrogen-bond donors (Lipinski definition) is 0. The van der Waals surface area contributed by atoms with Gasteiger partial charge in [0.05, 0.1) is 11.2 Å². The second kappa shape index (κ2) is 8.32. The van der Waals surface area contributed by atoms with Gasteiger partial charge in [-0.25, -0.2) is 0 Å². The molecule has 0 unspecified atom stereocenters. The predicted octanol–water partition coefficient (Wildman–Crippen LogP) is 4.18. The average molecular weight is 386 g/mol. The van der Waals surface area contributed by atoms with Crippen LogP contribution in [-0.4, -0.2) is 40.3 Å². The van der Waals surface area contributed by atoms with E-state index in [0.29, 0.717) is 5.56 Å². The van der Waals surface area contributed by atoms with E-state index in [9.17, 15) is 4.79 Å². The molecule has 0 saturated heterocycles. The van der Waals surface area contributed by atoms with E-state index in [1.165, 1.54) is 5.69 Å². The summed E-state index contributed by atoms with van der Waals surface area (Å²) in [5, 5.41) is 5.88. The molecule has 3 aromatic heterocycles. The number of aromatic nitrogens is 4. The quantitative estimate of drug-likeness (QED) is 0.494. The zero-order valence-corrected chi connectivity index (χ0v) is 16.5. The third-order valence-electron chi connectivity index (χ3n) is 4.92. The number of hydrogen-bond acceptors (Lipinski definition) is 5. The largest absolute Gasteiger partial charge is 0.388 e. The third kappa shape index (κ3) is 3.54. The molecule has 6 nitrogen and oxygen atoms in total. The first-order valence-electron chi connectivity index (χ1n) is 9.52. The summed E-state index contributed by atoms with van der Waals surface area (Å²) in [6.45, 7) is 0.938. The van der Waals surface area contributed by atoms with Gasteiger partial charge in [0.25, 0.3) is 0 Å². The zero-order valence-electron chi connectivity index (χ0n) is 16.5. The lowest BCUT2D eigenvalue weighted by molar-refractivity contribution is 0.112. The Morgan fingerprint density at radius 2 is 1.93 bits per heavy atom. The van der Waals surface area contributed by atoms with Crippen molar-refractivity contribution in [2.45, 2.75) is 19.4 Å². The number of fused-ring (bicyclic) bond motifs is 2. The molecule has 0 spiro atoms. The number of nitrogens with zero attached hydrogens (tertiary/aromatic N) is 4. The Labute approximate surface area is 169 Å². The Balaban J connectivity index is 0.000000645. The van der Waals surface area contributed by atoms with Gasteiger partial charge in [-0.05, 0) is 42.7 Å². The SMILES string of the molecule is COC.O=Cc1ccc2c(-c3c(-c4ccccn4)nn4c3CCC4)ccnc2c1. The molecule has 0 aliphatic carbocycles. The van der Waals surface area contributed by atoms with Crippen LogP contribution >= 0.6 is 0 Å². The Hall–Kier alpha value is -3.38. The molecule has 0 N–H and O–H groups in total. The predicted molar refractivity (Wildman–Crippen MR) is 113 cm³/mol. The van der Waals surface area contributed by atoms with Gasteiger partial charge in [-0.1, -0.05) is 18.2 Å². The van der Waals surface area contributed by atoms with Crippen LogP contribution in [0.15, 0.2) is 54.9 Å². The minimum atomic E-state index is 0.632. The van der Waals surface area contributed by atoms with Gasteiger partial charge >= 0.3 is 0 Å². The van der Waals surface area contributed by atoms with Gasteiger partial charge in [0.15, 0.2) is 0 Å². The van der Waals surface area contributed by atoms with Crippen molar-refractivity contribution in [1.29, 1.82) is 0 Å². The van der Waals surface area contributed by atoms with Crippen LogP contribution in [0.4, 0.5) is 0 Å². The standard InChI is InChI=1S/C21H16N4O.C2H6O/c26-13-14-6-7-15-16(8-10-23-18(15)12-14)20-19-5-3-11-25(19)24-21(20)17-4-1-2-9-22-17;1-3-2/h1-2,4,6-10,12-13H,3,5,11H2;1-2H3. The lowest BCUT2D eigenvalue weighted by Crippen LogP contribution is -1.94. The molecule has 146 valence electrons. The molecule has 0 fully saturated rings. The van der Waals surface area contributed by atoms with E-state index in [2.05, 4.69) is 19.4 Å². The number of ether oxygens (including phenoxy) is 1. The highest BCUT2D eigenvalue weighted by molar-refractivity contribution is 6.00. The lowest BCUT2D eigenvalue weighted by atomic mass is 9.96. The normalized spacial score (nSPS) is 12.3. The van der Waals surface area contributed by atoms with Crippen LogP contribution in [0.2, 0.25) is 0 Å². The Bertz CT molecular complexity index is 1150. The molecule has 29 heavy (non-hydrogen) atoms. The number of carbonyl (C=O) groups excluding carboxylic acids is 1. The van der Waals surface area contributed by atoms with Crippen molar-refractivity contribution in [1.82, 2.24) is 19.7 Å². The first kappa shape index (κ1) is 19.0. The number of carbonyl (C=O) groups is 1. The van der Waals surface area contributed by atoms with Crippen molar-refractivity contribution in [3.63, 3.8) is 0 Å². The average Bonchev–Trinajstić information content (AvgIpc) is 3.35. The van der Waals surface area contributed by atoms with E-state index >= 15 is 0 Å². The second-order valence-electron chi connectivity index (χ2n) is 6.87. The molecule has 0 bridgehead atoms. The minimum absolute atomic E-state index is 0.632. The van der Waals surface area contributed by atoms with E-state index < -0.39 is 0 Å². The van der Waals surface area contributed by atoms with Crippen molar-refractivity contribution >= 4 is 17.2 Å². The maximum absolute atomic E-state index is 11.1. The summed E-state index contributed by atoms with van der Waals surface area (Å²) in [7, 11) is 3.25. The molecule has 0 amide bonds. The first-order chi connectivity index (χ1) is 14.3. The first-order valence-corrected chi connectivity index (χ1v) is 9.52. The van der Waals surface area contributed by atoms with E-state index in [4.69, 9.17) is 5.10 Å². The fourth-order valence-corrected chi connectivity index (χ4v) is 3.75. The number of benzene rings is 1. The van der Waals surface area contributed by atoms with Gasteiger partial charge in [-0.2, -0.15) is 5.10 Å². The van der Waals surface area contributed by atoms with Gasteiger partial charge in [-0.3, -0.25) is 19.4 Å². The van der Waals surface area contributed by atoms with Crippen LogP contribution in [0, 0.1) is 0 Å². The molecule has 1 aliphatic heterocycles. The van der Waals surface area contributed by atoms with Crippen LogP contribution in [-0.2, 0) is 17.7 Å². The summed E-state index contributed by atoms with van der Waals surface area (Å²) in [5.41, 5.74) is 6.71. The molecule has 0 radical (unpaired) electrons.